The van der Waals surface area contributed by atoms with Gasteiger partial charge in [-0.05, 0) is 0 Å². The summed E-state index contributed by atoms with van der Waals surface area (Å²) in [6, 6.07) is 0. The van der Waals surface area contributed by atoms with Crippen LogP contribution in [0.25, 0.3) is 0 Å². The van der Waals surface area contributed by atoms with Gasteiger partial charge in [0.1, 0.15) is 73.2 Å². The summed E-state index contributed by atoms with van der Waals surface area (Å²) >= 11 is 0. The van der Waals surface area contributed by atoms with Crippen LogP contribution in [0.2, 0.25) is 0 Å². The maximum atomic E-state index is 10.6. The van der Waals surface area contributed by atoms with Crippen molar-refractivity contribution in [1.82, 2.24) is 0 Å². The van der Waals surface area contributed by atoms with E-state index in [4.69, 9.17) is 23.7 Å². The van der Waals surface area contributed by atoms with Gasteiger partial charge < -0.3 is 79.9 Å². The first-order chi connectivity index (χ1) is 16.0. The molecule has 0 radical (unpaired) electrons. The molecule has 0 unspecified atom stereocenters. The van der Waals surface area contributed by atoms with Crippen molar-refractivity contribution < 1.29 is 79.9 Å². The van der Waals surface area contributed by atoms with Crippen LogP contribution < -0.4 is 0 Å². The highest BCUT2D eigenvalue weighted by molar-refractivity contribution is 4.96. The monoisotopic (exact) mass is 504 g/mol. The van der Waals surface area contributed by atoms with Crippen LogP contribution in [0.15, 0.2) is 0 Å². The number of aliphatic hydroxyl groups excluding tert-OH is 11. The Morgan fingerprint density at radius 2 is 0.912 bits per heavy atom. The second kappa shape index (κ2) is 11.6. The van der Waals surface area contributed by atoms with Gasteiger partial charge in [0.2, 0.25) is 0 Å². The lowest BCUT2D eigenvalue weighted by atomic mass is 9.96. The highest BCUT2D eigenvalue weighted by Crippen LogP contribution is 2.32. The molecule has 0 spiro atoms. The number of aliphatic hydroxyl groups is 11. The Bertz CT molecular complexity index is 637. The zero-order valence-corrected chi connectivity index (χ0v) is 17.7. The van der Waals surface area contributed by atoms with Crippen molar-refractivity contribution in [3.8, 4) is 0 Å². The summed E-state index contributed by atoms with van der Waals surface area (Å²) in [7, 11) is 0. The molecule has 3 rings (SSSR count). The van der Waals surface area contributed by atoms with Gasteiger partial charge in [-0.1, -0.05) is 0 Å². The summed E-state index contributed by atoms with van der Waals surface area (Å²) in [5.41, 5.74) is 0. The second-order valence-electron chi connectivity index (χ2n) is 8.33. The van der Waals surface area contributed by atoms with Crippen molar-refractivity contribution in [2.45, 2.75) is 92.1 Å². The largest absolute Gasteiger partial charge is 0.394 e. The normalized spacial score (nSPS) is 52.5. The summed E-state index contributed by atoms with van der Waals surface area (Å²) in [4.78, 5) is 0. The van der Waals surface area contributed by atoms with E-state index in [9.17, 15) is 56.2 Å². The van der Waals surface area contributed by atoms with Crippen LogP contribution in [-0.2, 0) is 23.7 Å². The van der Waals surface area contributed by atoms with Crippen molar-refractivity contribution >= 4 is 0 Å². The lowest BCUT2D eigenvalue weighted by Gasteiger charge is -2.48. The van der Waals surface area contributed by atoms with Gasteiger partial charge in [0, 0.05) is 0 Å². The van der Waals surface area contributed by atoms with Gasteiger partial charge in [-0.25, -0.2) is 0 Å². The van der Waals surface area contributed by atoms with Crippen LogP contribution in [0, 0.1) is 0 Å². The minimum atomic E-state index is -1.89. The van der Waals surface area contributed by atoms with E-state index in [-0.39, 0.29) is 0 Å². The van der Waals surface area contributed by atoms with Gasteiger partial charge >= 0.3 is 0 Å². The number of hydrogen-bond donors (Lipinski definition) is 11. The minimum absolute atomic E-state index is 0.770. The summed E-state index contributed by atoms with van der Waals surface area (Å²) in [5.74, 6) is 0. The van der Waals surface area contributed by atoms with E-state index < -0.39 is 112 Å². The van der Waals surface area contributed by atoms with E-state index in [1.54, 1.807) is 0 Å². The fourth-order valence-electron chi connectivity index (χ4n) is 4.04. The topological polar surface area (TPSA) is 269 Å². The Kier molecular flexibility index (Phi) is 9.54. The Hall–Kier alpha value is -0.640. The fraction of sp³-hybridized carbons (Fsp3) is 1.00. The summed E-state index contributed by atoms with van der Waals surface area (Å²) in [6.45, 7) is -2.35. The van der Waals surface area contributed by atoms with Crippen molar-refractivity contribution in [2.75, 3.05) is 19.8 Å². The summed E-state index contributed by atoms with van der Waals surface area (Å²) < 4.78 is 26.7. The van der Waals surface area contributed by atoms with Gasteiger partial charge in [0.25, 0.3) is 0 Å². The third-order valence-electron chi connectivity index (χ3n) is 6.09. The van der Waals surface area contributed by atoms with Crippen LogP contribution in [0.5, 0.6) is 0 Å². The molecular weight excluding hydrogens is 472 g/mol. The van der Waals surface area contributed by atoms with E-state index in [0.717, 1.165) is 0 Å². The molecular formula is C18H32O16. The Labute approximate surface area is 192 Å². The van der Waals surface area contributed by atoms with Gasteiger partial charge in [-0.3, -0.25) is 0 Å². The molecule has 200 valence electrons. The van der Waals surface area contributed by atoms with Gasteiger partial charge in [-0.15, -0.1) is 0 Å². The van der Waals surface area contributed by atoms with Crippen LogP contribution in [0.3, 0.4) is 0 Å². The fourth-order valence-corrected chi connectivity index (χ4v) is 4.04. The van der Waals surface area contributed by atoms with Gasteiger partial charge in [0.15, 0.2) is 18.9 Å². The number of rotatable bonds is 7. The standard InChI is InChI=1S/C18H32O16/c19-1-4-7(22)9(24)13(28)17(31-4)34-15-10(25)8(23)5(2-20)32-18(15)33-14-6(3-21)30-16(29)12(27)11(14)26/h4-29H,1-3H2/t4-,5-,6-,7-,8-,9+,10+,11-,12-,13-,14-,15+,16+,17+,18+/m1/s1. The quantitative estimate of drug-likeness (QED) is 0.154. The van der Waals surface area contributed by atoms with Crippen LogP contribution in [0.1, 0.15) is 0 Å². The molecule has 0 bridgehead atoms. The maximum absolute atomic E-state index is 10.6. The first-order valence-corrected chi connectivity index (χ1v) is 10.6. The lowest BCUT2D eigenvalue weighted by Crippen LogP contribution is -2.66. The number of hydrogen-bond acceptors (Lipinski definition) is 16. The maximum Gasteiger partial charge on any atom is 0.187 e. The molecule has 3 aliphatic rings. The predicted molar refractivity (Wildman–Crippen MR) is 101 cm³/mol. The highest BCUT2D eigenvalue weighted by atomic mass is 16.8. The Morgan fingerprint density at radius 3 is 1.47 bits per heavy atom. The lowest BCUT2D eigenvalue weighted by molar-refractivity contribution is -0.387. The van der Waals surface area contributed by atoms with Crippen LogP contribution in [-0.4, -0.2) is 168 Å². The SMILES string of the molecule is OC[C@H]1O[C@@H](O[C@@H]2[C@H](O[C@H]3[C@H](O)[C@@H](O)[C@@H](O)O[C@@H]3CO)O[C@H](CO)[C@@H](O)[C@@H]2O)[C@H](O)[C@@H](O)[C@@H]1O. The molecule has 0 aromatic carbocycles. The highest BCUT2D eigenvalue weighted by Gasteiger charge is 2.53. The molecule has 16 heteroatoms. The summed E-state index contributed by atoms with van der Waals surface area (Å²) in [6.07, 6.45) is -25.6. The first-order valence-electron chi connectivity index (χ1n) is 10.6. The molecule has 0 aliphatic carbocycles. The molecule has 15 atom stereocenters. The average molecular weight is 504 g/mol. The average Bonchev–Trinajstić information content (AvgIpc) is 2.83. The second-order valence-corrected chi connectivity index (χ2v) is 8.33. The van der Waals surface area contributed by atoms with Crippen molar-refractivity contribution in [3.05, 3.63) is 0 Å². The van der Waals surface area contributed by atoms with Gasteiger partial charge in [-0.2, -0.15) is 0 Å². The molecule has 0 amide bonds. The van der Waals surface area contributed by atoms with E-state index in [1.165, 1.54) is 0 Å². The molecule has 11 N–H and O–H groups in total. The number of ether oxygens (including phenoxy) is 5. The molecule has 3 aliphatic heterocycles. The molecule has 16 nitrogen and oxygen atoms in total. The molecule has 34 heavy (non-hydrogen) atoms. The Morgan fingerprint density at radius 1 is 0.441 bits per heavy atom. The molecule has 3 saturated heterocycles. The minimum Gasteiger partial charge on any atom is -0.394 e. The predicted octanol–water partition coefficient (Wildman–Crippen LogP) is -7.57. The molecule has 3 heterocycles. The van der Waals surface area contributed by atoms with Gasteiger partial charge in [0.05, 0.1) is 19.8 Å². The molecule has 0 aromatic heterocycles. The van der Waals surface area contributed by atoms with E-state index >= 15 is 0 Å². The van der Waals surface area contributed by atoms with Crippen LogP contribution in [0.4, 0.5) is 0 Å². The van der Waals surface area contributed by atoms with Crippen LogP contribution >= 0.6 is 0 Å². The molecule has 0 saturated carbocycles. The van der Waals surface area contributed by atoms with E-state index in [0.29, 0.717) is 0 Å². The third kappa shape index (κ3) is 5.37. The van der Waals surface area contributed by atoms with E-state index in [2.05, 4.69) is 0 Å². The van der Waals surface area contributed by atoms with Crippen molar-refractivity contribution in [1.29, 1.82) is 0 Å². The smallest absolute Gasteiger partial charge is 0.187 e. The first kappa shape index (κ1) is 27.9. The van der Waals surface area contributed by atoms with Crippen molar-refractivity contribution in [2.24, 2.45) is 0 Å². The molecule has 3 fully saturated rings. The summed E-state index contributed by atoms with van der Waals surface area (Å²) in [5, 5.41) is 109. The zero-order chi connectivity index (χ0) is 25.3. The molecule has 0 aromatic rings. The van der Waals surface area contributed by atoms with Crippen molar-refractivity contribution in [3.63, 3.8) is 0 Å². The zero-order valence-electron chi connectivity index (χ0n) is 17.7. The third-order valence-corrected chi connectivity index (χ3v) is 6.09. The van der Waals surface area contributed by atoms with E-state index in [1.807, 2.05) is 0 Å². The Balaban J connectivity index is 1.84.